The summed E-state index contributed by atoms with van der Waals surface area (Å²) in [6.45, 7) is 5.30. The molecule has 36 nitrogen and oxygen atoms in total. The Kier molecular flexibility index (Phi) is 28.9. The topological polar surface area (TPSA) is 473 Å². The van der Waals surface area contributed by atoms with Crippen LogP contribution in [0.1, 0.15) is 20.8 Å². The van der Waals surface area contributed by atoms with Crippen LogP contribution in [0.4, 0.5) is 39.5 Å². The molecule has 6 aliphatic rings. The van der Waals surface area contributed by atoms with Crippen LogP contribution in [0, 0.1) is 64.7 Å². The van der Waals surface area contributed by atoms with Crippen LogP contribution >= 0.6 is 0 Å². The lowest BCUT2D eigenvalue weighted by molar-refractivity contribution is -0.152. The average molecular weight is 1530 g/mol. The molecule has 6 saturated heterocycles. The van der Waals surface area contributed by atoms with Crippen LogP contribution in [0.25, 0.3) is 0 Å². The van der Waals surface area contributed by atoms with E-state index in [1.807, 2.05) is 0 Å². The molecule has 0 bridgehead atoms. The van der Waals surface area contributed by atoms with E-state index in [4.69, 9.17) is 6.42 Å². The molecule has 0 amide bonds. The predicted octanol–water partition coefficient (Wildman–Crippen LogP) is 0.192. The van der Waals surface area contributed by atoms with Crippen LogP contribution < -0.4 is 14.2 Å². The largest absolute Gasteiger partial charge is 0.467 e. The molecule has 9 unspecified atom stereocenters. The molecular weight excluding hydrogens is 1490 g/mol. The summed E-state index contributed by atoms with van der Waals surface area (Å²) in [6, 6.07) is 5.15. The van der Waals surface area contributed by atoms with Crippen LogP contribution in [-0.2, 0) is 156 Å². The summed E-state index contributed by atoms with van der Waals surface area (Å²) in [5.41, 5.74) is 0. The Morgan fingerprint density at radius 3 is 1.16 bits per heavy atom. The van der Waals surface area contributed by atoms with Crippen LogP contribution in [0.15, 0.2) is 49.1 Å². The summed E-state index contributed by atoms with van der Waals surface area (Å²) in [5, 5.41) is 0. The summed E-state index contributed by atoms with van der Waals surface area (Å²) in [5.74, 6) is -23.7. The summed E-state index contributed by atoms with van der Waals surface area (Å²) in [4.78, 5) is 67.2. The van der Waals surface area contributed by atoms with E-state index in [2.05, 4.69) is 91.1 Å². The van der Waals surface area contributed by atoms with Gasteiger partial charge in [0.2, 0.25) is 77.2 Å². The second kappa shape index (κ2) is 34.2. The first-order valence-electron chi connectivity index (χ1n) is 24.9. The molecule has 51 heteroatoms. The highest BCUT2D eigenvalue weighted by Crippen LogP contribution is 2.31. The Bertz CT molecular complexity index is 4180. The Balaban J connectivity index is 0.000000250. The molecule has 0 N–H and O–H groups in total. The number of benzene rings is 3. The fourth-order valence-electron chi connectivity index (χ4n) is 6.29. The average Bonchev–Trinajstić information content (AvgIpc) is 1.74. The molecule has 3 aromatic rings. The highest BCUT2D eigenvalue weighted by Gasteiger charge is 2.46. The van der Waals surface area contributed by atoms with Crippen molar-refractivity contribution in [1.82, 2.24) is 0 Å². The minimum atomic E-state index is -4.47. The second-order valence-corrected chi connectivity index (χ2v) is 24.9. The van der Waals surface area contributed by atoms with Gasteiger partial charge in [-0.15, -0.1) is 6.42 Å². The second-order valence-electron chi connectivity index (χ2n) is 17.6. The van der Waals surface area contributed by atoms with Crippen molar-refractivity contribution < 1.29 is 197 Å². The lowest BCUT2D eigenvalue weighted by Crippen LogP contribution is -2.31. The molecular formula is C46H41F9O36S6. The molecule has 540 valence electrons. The van der Waals surface area contributed by atoms with Crippen LogP contribution in [0.5, 0.6) is 17.2 Å². The third kappa shape index (κ3) is 24.4. The minimum absolute atomic E-state index is 0.00542. The van der Waals surface area contributed by atoms with Crippen molar-refractivity contribution in [3.8, 4) is 29.6 Å². The zero-order valence-corrected chi connectivity index (χ0v) is 53.0. The van der Waals surface area contributed by atoms with Crippen LogP contribution in [-0.4, -0.2) is 181 Å². The van der Waals surface area contributed by atoms with Gasteiger partial charge in [-0.3, -0.25) is 0 Å². The van der Waals surface area contributed by atoms with Gasteiger partial charge in [0.25, 0.3) is 0 Å². The van der Waals surface area contributed by atoms with Gasteiger partial charge in [-0.05, 0) is 45.0 Å². The van der Waals surface area contributed by atoms with Crippen LogP contribution in [0.2, 0.25) is 0 Å². The number of hydrogen-bond acceptors (Lipinski definition) is 36. The van der Waals surface area contributed by atoms with Crippen LogP contribution in [0.3, 0.4) is 0 Å². The van der Waals surface area contributed by atoms with E-state index in [1.165, 1.54) is 26.8 Å². The van der Waals surface area contributed by atoms with Crippen molar-refractivity contribution in [2.45, 2.75) is 75.7 Å². The zero-order valence-electron chi connectivity index (χ0n) is 48.1. The zero-order chi connectivity index (χ0) is 73.5. The summed E-state index contributed by atoms with van der Waals surface area (Å²) in [7, 11) is -23.9. The van der Waals surface area contributed by atoms with Gasteiger partial charge in [-0.1, -0.05) is 24.6 Å². The number of rotatable bonds is 12. The maximum absolute atomic E-state index is 13.2. The fraction of sp³-hybridized carbons (Fsp3) is 0.391. The first-order valence-corrected chi connectivity index (χ1v) is 32.9. The molecule has 9 rings (SSSR count). The van der Waals surface area contributed by atoms with Gasteiger partial charge in [0.05, 0.1) is 7.11 Å². The van der Waals surface area contributed by atoms with E-state index in [1.54, 1.807) is 0 Å². The Labute approximate surface area is 540 Å². The molecule has 9 atom stereocenters. The molecule has 3 aromatic carbocycles. The highest BCUT2D eigenvalue weighted by atomic mass is 32.3. The van der Waals surface area contributed by atoms with E-state index in [9.17, 15) is 119 Å². The van der Waals surface area contributed by atoms with Gasteiger partial charge in [-0.2, -0.15) is 59.3 Å². The summed E-state index contributed by atoms with van der Waals surface area (Å²) >= 11 is 0. The first kappa shape index (κ1) is 81.8. The number of terminal acetylenes is 1. The Morgan fingerprint density at radius 1 is 0.474 bits per heavy atom. The number of esters is 6. The van der Waals surface area contributed by atoms with Gasteiger partial charge in [-0.25, -0.2) is 110 Å². The highest BCUT2D eigenvalue weighted by molar-refractivity contribution is 7.83. The molecule has 0 aromatic heterocycles. The normalized spacial score (nSPS) is 25.2. The number of hydrogen-bond donors (Lipinski definition) is 0. The molecule has 97 heavy (non-hydrogen) atoms. The number of methoxy groups -OCH3 is 1. The van der Waals surface area contributed by atoms with Crippen molar-refractivity contribution in [3.05, 3.63) is 101 Å². The molecule has 0 saturated carbocycles. The number of halogens is 9. The third-order valence-corrected chi connectivity index (χ3v) is 16.1. The van der Waals surface area contributed by atoms with Crippen molar-refractivity contribution in [3.63, 3.8) is 0 Å². The SMILES string of the molecule is C#CCOC(=O)C1OS(=O)(=O)OC1C.C=CCOC(=O)C1OS(=O)(=O)OC1C.COC(=O)C1OS(=O)(=O)OC1C.O=C(Oc1c(F)c(F)c(F)c(F)c1F)C1COS(=O)(=O)O1.O=C(Oc1c(F)cccc1F)C1COS(=O)(=O)O1.O=C(Oc1ccc(F)cc1F)C1COS(=O)(=O)O1. The van der Waals surface area contributed by atoms with E-state index < -0.39 is 243 Å². The van der Waals surface area contributed by atoms with Gasteiger partial charge in [0, 0.05) is 6.07 Å². The van der Waals surface area contributed by atoms with Gasteiger partial charge < -0.3 is 28.4 Å². The number of carbonyl (C=O) groups excluding carboxylic acids is 6. The minimum Gasteiger partial charge on any atom is -0.467 e. The smallest absolute Gasteiger partial charge is 0.401 e. The number of carbonyl (C=O) groups is 6. The summed E-state index contributed by atoms with van der Waals surface area (Å²) < 4.78 is 323. The standard InChI is InChI=1S/C9H3F5O6S.2C9H6F2O6S.C7H10O6S.C7H8O6S.C5H8O6S/c10-3-4(11)6(13)8(7(14)5(3)12)19-9(15)2-1-18-21(16,17)20-2;10-5-1-2-7(6(11)3-5)16-9(12)8-4-15-18(13,14)17-8;10-5-2-1-3-6(11)8(5)16-9(12)7-4-15-18(13,14)17-7;2*1-3-4-11-7(8)6-5(2)12-14(9,10)13-6;1-3-4(5(6)9-2)11-12(7,8)10-3/h2H,1H2;1-3,8H,4H2;1-3,7H,4H2;3,5-6H,1,4H2,2H3;1,5-6H,4H2,2H3;3-4H,1-2H3. The lowest BCUT2D eigenvalue weighted by Gasteiger charge is -2.10. The monoisotopic (exact) mass is 1530 g/mol. The van der Waals surface area contributed by atoms with Crippen molar-refractivity contribution >= 4 is 98.2 Å². The molecule has 0 radical (unpaired) electrons. The third-order valence-electron chi connectivity index (χ3n) is 10.5. The maximum Gasteiger partial charge on any atom is 0.401 e. The van der Waals surface area contributed by atoms with E-state index in [0.29, 0.717) is 6.07 Å². The van der Waals surface area contributed by atoms with Crippen molar-refractivity contribution in [2.24, 2.45) is 0 Å². The predicted molar refractivity (Wildman–Crippen MR) is 281 cm³/mol. The molecule has 0 aliphatic carbocycles. The molecule has 6 fully saturated rings. The Morgan fingerprint density at radius 2 is 0.835 bits per heavy atom. The number of para-hydroxylation sites is 1. The van der Waals surface area contributed by atoms with Gasteiger partial charge in [0.1, 0.15) is 50.6 Å². The van der Waals surface area contributed by atoms with E-state index >= 15 is 0 Å². The quantitative estimate of drug-likeness (QED) is 0.0341. The van der Waals surface area contributed by atoms with E-state index in [-0.39, 0.29) is 13.2 Å². The van der Waals surface area contributed by atoms with E-state index in [0.717, 1.165) is 37.4 Å². The summed E-state index contributed by atoms with van der Waals surface area (Å²) in [6.07, 6.45) is -5.05. The molecule has 6 heterocycles. The van der Waals surface area contributed by atoms with Gasteiger partial charge >= 0.3 is 98.2 Å². The van der Waals surface area contributed by atoms with Gasteiger partial charge in [0.15, 0.2) is 29.8 Å². The molecule has 6 aliphatic heterocycles. The number of ether oxygens (including phenoxy) is 6. The van der Waals surface area contributed by atoms with Crippen molar-refractivity contribution in [1.29, 1.82) is 0 Å². The van der Waals surface area contributed by atoms with Crippen molar-refractivity contribution in [2.75, 3.05) is 40.1 Å². The molecule has 0 spiro atoms. The maximum atomic E-state index is 13.2. The fourth-order valence-corrected chi connectivity index (χ4v) is 11.6. The first-order chi connectivity index (χ1) is 44.8. The lowest BCUT2D eigenvalue weighted by atomic mass is 10.2. The Hall–Kier alpha value is -7.63.